The molecule has 1 aromatic carbocycles. The van der Waals surface area contributed by atoms with Crippen molar-refractivity contribution in [1.82, 2.24) is 4.72 Å². The van der Waals surface area contributed by atoms with Crippen molar-refractivity contribution in [2.45, 2.75) is 57.0 Å². The summed E-state index contributed by atoms with van der Waals surface area (Å²) in [5.74, 6) is 0.703. The van der Waals surface area contributed by atoms with E-state index in [9.17, 15) is 8.42 Å². The molecule has 2 rings (SSSR count). The molecule has 1 fully saturated rings. The molecule has 0 aromatic heterocycles. The van der Waals surface area contributed by atoms with Crippen molar-refractivity contribution in [2.24, 2.45) is 11.7 Å². The van der Waals surface area contributed by atoms with Crippen LogP contribution in [0.5, 0.6) is 0 Å². The van der Waals surface area contributed by atoms with E-state index in [2.05, 4.69) is 4.72 Å². The zero-order chi connectivity index (χ0) is 14.8. The number of hydrogen-bond acceptors (Lipinski definition) is 3. The number of sulfonamides is 1. The molecule has 0 heterocycles. The minimum Gasteiger partial charge on any atom is -0.326 e. The van der Waals surface area contributed by atoms with Crippen LogP contribution in [0.1, 0.15) is 44.2 Å². The average Bonchev–Trinajstić information content (AvgIpc) is 3.20. The van der Waals surface area contributed by atoms with Gasteiger partial charge in [-0.1, -0.05) is 25.8 Å². The van der Waals surface area contributed by atoms with Crippen LogP contribution >= 0.6 is 0 Å². The van der Waals surface area contributed by atoms with Gasteiger partial charge >= 0.3 is 0 Å². The Morgan fingerprint density at radius 1 is 1.35 bits per heavy atom. The molecule has 0 spiro atoms. The lowest BCUT2D eigenvalue weighted by Crippen LogP contribution is -2.33. The molecular formula is C15H24N2O2S. The lowest BCUT2D eigenvalue weighted by molar-refractivity contribution is 0.530. The van der Waals surface area contributed by atoms with Gasteiger partial charge in [0.25, 0.3) is 0 Å². The second kappa shape index (κ2) is 6.24. The van der Waals surface area contributed by atoms with Crippen molar-refractivity contribution in [2.75, 3.05) is 0 Å². The molecule has 1 aliphatic carbocycles. The number of nitrogens with one attached hydrogen (secondary N) is 1. The summed E-state index contributed by atoms with van der Waals surface area (Å²) >= 11 is 0. The fourth-order valence-corrected chi connectivity index (χ4v) is 3.85. The Morgan fingerprint density at radius 2 is 2.05 bits per heavy atom. The summed E-state index contributed by atoms with van der Waals surface area (Å²) in [5, 5.41) is 0. The third-order valence-electron chi connectivity index (χ3n) is 3.83. The van der Waals surface area contributed by atoms with Crippen molar-refractivity contribution in [3.8, 4) is 0 Å². The number of hydrogen-bond donors (Lipinski definition) is 2. The van der Waals surface area contributed by atoms with Crippen LogP contribution in [0, 0.1) is 5.92 Å². The van der Waals surface area contributed by atoms with Crippen LogP contribution in [-0.2, 0) is 23.0 Å². The van der Waals surface area contributed by atoms with E-state index >= 15 is 0 Å². The monoisotopic (exact) mass is 296 g/mol. The van der Waals surface area contributed by atoms with Crippen LogP contribution in [0.4, 0.5) is 0 Å². The summed E-state index contributed by atoms with van der Waals surface area (Å²) in [5.41, 5.74) is 7.71. The third-order valence-corrected chi connectivity index (χ3v) is 5.42. The Balaban J connectivity index is 2.15. The summed E-state index contributed by atoms with van der Waals surface area (Å²) in [7, 11) is -3.44. The smallest absolute Gasteiger partial charge is 0.240 e. The fraction of sp³-hybridized carbons (Fsp3) is 0.600. The molecular weight excluding hydrogens is 272 g/mol. The standard InChI is InChI=1S/C15H24N2O2S/c1-3-13-6-7-15(9-14(13)10-16)20(18,19)17-11(2)8-12-4-5-12/h6-7,9,11-12,17H,3-5,8,10,16H2,1-2H3. The highest BCUT2D eigenvalue weighted by atomic mass is 32.2. The first kappa shape index (κ1) is 15.5. The maximum absolute atomic E-state index is 12.4. The van der Waals surface area contributed by atoms with Gasteiger partial charge in [0.1, 0.15) is 0 Å². The lowest BCUT2D eigenvalue weighted by Gasteiger charge is -2.15. The minimum absolute atomic E-state index is 0.0142. The van der Waals surface area contributed by atoms with Gasteiger partial charge in [-0.25, -0.2) is 13.1 Å². The van der Waals surface area contributed by atoms with Gasteiger partial charge in [-0.15, -0.1) is 0 Å². The van der Waals surface area contributed by atoms with Gasteiger partial charge in [-0.2, -0.15) is 0 Å². The van der Waals surface area contributed by atoms with Crippen LogP contribution in [0.2, 0.25) is 0 Å². The second-order valence-corrected chi connectivity index (χ2v) is 7.40. The lowest BCUT2D eigenvalue weighted by atomic mass is 10.1. The van der Waals surface area contributed by atoms with Crippen molar-refractivity contribution in [3.05, 3.63) is 29.3 Å². The highest BCUT2D eigenvalue weighted by molar-refractivity contribution is 7.89. The molecule has 4 nitrogen and oxygen atoms in total. The van der Waals surface area contributed by atoms with E-state index in [4.69, 9.17) is 5.73 Å². The van der Waals surface area contributed by atoms with E-state index in [0.717, 1.165) is 24.0 Å². The van der Waals surface area contributed by atoms with E-state index in [1.807, 2.05) is 19.9 Å². The summed E-state index contributed by atoms with van der Waals surface area (Å²) in [6.07, 6.45) is 4.25. The third kappa shape index (κ3) is 3.81. The maximum Gasteiger partial charge on any atom is 0.240 e. The van der Waals surface area contributed by atoms with Crippen molar-refractivity contribution < 1.29 is 8.42 Å². The first-order valence-corrected chi connectivity index (χ1v) is 8.78. The Morgan fingerprint density at radius 3 is 2.60 bits per heavy atom. The normalized spacial score (nSPS) is 17.1. The predicted octanol–water partition coefficient (Wildman–Crippen LogP) is 2.17. The van der Waals surface area contributed by atoms with E-state index < -0.39 is 10.0 Å². The van der Waals surface area contributed by atoms with Gasteiger partial charge in [0.05, 0.1) is 4.90 Å². The van der Waals surface area contributed by atoms with Crippen LogP contribution in [0.25, 0.3) is 0 Å². The van der Waals surface area contributed by atoms with Crippen molar-refractivity contribution >= 4 is 10.0 Å². The highest BCUT2D eigenvalue weighted by Gasteiger charge is 2.26. The quantitative estimate of drug-likeness (QED) is 0.810. The zero-order valence-electron chi connectivity index (χ0n) is 12.2. The van der Waals surface area contributed by atoms with Gasteiger partial charge in [0.2, 0.25) is 10.0 Å². The summed E-state index contributed by atoms with van der Waals surface area (Å²) in [6.45, 7) is 4.34. The minimum atomic E-state index is -3.44. The molecule has 1 aromatic rings. The molecule has 0 bridgehead atoms. The molecule has 0 radical (unpaired) electrons. The van der Waals surface area contributed by atoms with Gasteiger partial charge in [-0.05, 0) is 48.9 Å². The molecule has 0 amide bonds. The van der Waals surface area contributed by atoms with E-state index in [1.165, 1.54) is 12.8 Å². The second-order valence-electron chi connectivity index (χ2n) is 5.69. The van der Waals surface area contributed by atoms with E-state index in [0.29, 0.717) is 17.4 Å². The highest BCUT2D eigenvalue weighted by Crippen LogP contribution is 2.33. The molecule has 1 unspecified atom stereocenters. The Hall–Kier alpha value is -0.910. The topological polar surface area (TPSA) is 72.2 Å². The Bertz CT molecular complexity index is 565. The summed E-state index contributed by atoms with van der Waals surface area (Å²) in [4.78, 5) is 0.317. The molecule has 3 N–H and O–H groups in total. The zero-order valence-corrected chi connectivity index (χ0v) is 13.0. The maximum atomic E-state index is 12.4. The predicted molar refractivity (Wildman–Crippen MR) is 80.8 cm³/mol. The Kier molecular flexibility index (Phi) is 4.83. The molecule has 1 aliphatic rings. The molecule has 1 saturated carbocycles. The van der Waals surface area contributed by atoms with Gasteiger partial charge in [0.15, 0.2) is 0 Å². The van der Waals surface area contributed by atoms with Gasteiger partial charge < -0.3 is 5.73 Å². The molecule has 5 heteroatoms. The average molecular weight is 296 g/mol. The van der Waals surface area contributed by atoms with Crippen LogP contribution in [-0.4, -0.2) is 14.5 Å². The number of nitrogens with two attached hydrogens (primary N) is 1. The van der Waals surface area contributed by atoms with Gasteiger partial charge in [0, 0.05) is 12.6 Å². The van der Waals surface area contributed by atoms with E-state index in [1.54, 1.807) is 12.1 Å². The largest absolute Gasteiger partial charge is 0.326 e. The first-order valence-electron chi connectivity index (χ1n) is 7.30. The molecule has 0 aliphatic heterocycles. The number of rotatable bonds is 7. The fourth-order valence-electron chi connectivity index (χ4n) is 2.54. The van der Waals surface area contributed by atoms with Gasteiger partial charge in [-0.3, -0.25) is 0 Å². The molecule has 20 heavy (non-hydrogen) atoms. The summed E-state index contributed by atoms with van der Waals surface area (Å²) < 4.78 is 27.5. The van der Waals surface area contributed by atoms with Crippen molar-refractivity contribution in [3.63, 3.8) is 0 Å². The Labute approximate surface area is 121 Å². The first-order chi connectivity index (χ1) is 9.46. The SMILES string of the molecule is CCc1ccc(S(=O)(=O)NC(C)CC2CC2)cc1CN. The van der Waals surface area contributed by atoms with Crippen LogP contribution in [0.15, 0.2) is 23.1 Å². The van der Waals surface area contributed by atoms with Crippen molar-refractivity contribution in [1.29, 1.82) is 0 Å². The van der Waals surface area contributed by atoms with Crippen LogP contribution in [0.3, 0.4) is 0 Å². The van der Waals surface area contributed by atoms with Crippen LogP contribution < -0.4 is 10.5 Å². The van der Waals surface area contributed by atoms with E-state index in [-0.39, 0.29) is 6.04 Å². The number of aryl methyl sites for hydroxylation is 1. The molecule has 112 valence electrons. The summed E-state index contributed by atoms with van der Waals surface area (Å²) in [6, 6.07) is 5.22. The molecule has 1 atom stereocenters. The molecule has 0 saturated heterocycles. The number of benzene rings is 1.